The van der Waals surface area contributed by atoms with Crippen molar-refractivity contribution in [1.82, 2.24) is 0 Å². The molecular weight excluding hydrogens is 144 g/mol. The molecule has 0 aliphatic carbocycles. The second kappa shape index (κ2) is 6.99. The van der Waals surface area contributed by atoms with Crippen LogP contribution in [0.2, 0.25) is 0 Å². The van der Waals surface area contributed by atoms with E-state index in [1.165, 1.54) is 0 Å². The zero-order valence-electron chi connectivity index (χ0n) is 6.96. The summed E-state index contributed by atoms with van der Waals surface area (Å²) in [5.74, 6) is 0. The normalized spacial score (nSPS) is 11.9. The lowest BCUT2D eigenvalue weighted by Crippen LogP contribution is -2.11. The van der Waals surface area contributed by atoms with Gasteiger partial charge in [0.2, 0.25) is 0 Å². The molecule has 0 atom stereocenters. The monoisotopic (exact) mass is 160 g/mol. The Kier molecular flexibility index (Phi) is 6.90. The maximum Gasteiger partial charge on any atom is 0.157 e. The fraction of sp³-hybridized carbons (Fsp3) is 0.714. The van der Waals surface area contributed by atoms with Gasteiger partial charge in [0.05, 0.1) is 0 Å². The van der Waals surface area contributed by atoms with Crippen LogP contribution < -0.4 is 0 Å². The topological polar surface area (TPSA) is 18.5 Å². The van der Waals surface area contributed by atoms with Crippen LogP contribution in [-0.2, 0) is 9.47 Å². The largest absolute Gasteiger partial charge is 0.356 e. The zero-order chi connectivity index (χ0) is 7.82. The second-order valence-electron chi connectivity index (χ2n) is 2.05. The average molecular weight is 160 g/mol. The first-order valence-corrected chi connectivity index (χ1v) is 4.67. The summed E-state index contributed by atoms with van der Waals surface area (Å²) in [5, 5.41) is 0. The third-order valence-electron chi connectivity index (χ3n) is 1.33. The molecule has 0 aromatic rings. The molecule has 3 heteroatoms. The Balaban J connectivity index is 3.25. The first-order chi connectivity index (χ1) is 4.85. The van der Waals surface area contributed by atoms with Crippen LogP contribution in [0.5, 0.6) is 0 Å². The molecule has 0 amide bonds. The van der Waals surface area contributed by atoms with E-state index >= 15 is 0 Å². The van der Waals surface area contributed by atoms with E-state index in [1.54, 1.807) is 14.2 Å². The summed E-state index contributed by atoms with van der Waals surface area (Å²) in [6.07, 6.45) is 4.14. The van der Waals surface area contributed by atoms with Crippen LogP contribution >= 0.6 is 0 Å². The molecule has 0 fully saturated rings. The molecule has 0 heterocycles. The van der Waals surface area contributed by atoms with Gasteiger partial charge in [-0.15, -0.1) is 5.70 Å². The molecule has 0 N–H and O–H groups in total. The Morgan fingerprint density at radius 1 is 1.40 bits per heavy atom. The van der Waals surface area contributed by atoms with Crippen molar-refractivity contribution in [2.24, 2.45) is 0 Å². The highest BCUT2D eigenvalue weighted by Crippen LogP contribution is 2.01. The zero-order valence-corrected chi connectivity index (χ0v) is 8.96. The molecule has 0 aromatic carbocycles. The summed E-state index contributed by atoms with van der Waals surface area (Å²) in [6, 6.07) is 0. The Hall–Kier alpha value is -0.123. The standard InChI is InChI=1S/C7H16O2Si/c1-8-7(9-2)5-3-4-6-10/h4,6-7H,3,5H2,1-2,10H3. The van der Waals surface area contributed by atoms with E-state index in [0.717, 1.165) is 23.1 Å². The Morgan fingerprint density at radius 3 is 2.40 bits per heavy atom. The van der Waals surface area contributed by atoms with Gasteiger partial charge in [0.25, 0.3) is 0 Å². The minimum absolute atomic E-state index is 0.0298. The van der Waals surface area contributed by atoms with Crippen molar-refractivity contribution in [1.29, 1.82) is 0 Å². The highest BCUT2D eigenvalue weighted by atomic mass is 28.1. The Labute approximate surface area is 65.6 Å². The minimum Gasteiger partial charge on any atom is -0.356 e. The van der Waals surface area contributed by atoms with Crippen LogP contribution in [-0.4, -0.2) is 30.8 Å². The molecule has 0 radical (unpaired) electrons. The SMILES string of the molecule is COC(CCC=C[SiH3])OC. The van der Waals surface area contributed by atoms with Gasteiger partial charge in [-0.05, 0) is 6.42 Å². The molecular formula is C7H16O2Si. The van der Waals surface area contributed by atoms with Gasteiger partial charge in [0.15, 0.2) is 6.29 Å². The molecule has 0 unspecified atom stereocenters. The molecule has 0 spiro atoms. The summed E-state index contributed by atoms with van der Waals surface area (Å²) < 4.78 is 10.0. The van der Waals surface area contributed by atoms with Crippen molar-refractivity contribution in [3.8, 4) is 0 Å². The van der Waals surface area contributed by atoms with Crippen LogP contribution in [0.25, 0.3) is 0 Å². The van der Waals surface area contributed by atoms with Crippen molar-refractivity contribution in [2.75, 3.05) is 14.2 Å². The third kappa shape index (κ3) is 4.73. The molecule has 0 saturated heterocycles. The fourth-order valence-corrected chi connectivity index (χ4v) is 1.06. The molecule has 0 aliphatic rings. The van der Waals surface area contributed by atoms with E-state index in [4.69, 9.17) is 9.47 Å². The average Bonchev–Trinajstić information content (AvgIpc) is 1.99. The second-order valence-corrected chi connectivity index (χ2v) is 2.71. The highest BCUT2D eigenvalue weighted by Gasteiger charge is 2.00. The van der Waals surface area contributed by atoms with Crippen molar-refractivity contribution in [3.63, 3.8) is 0 Å². The van der Waals surface area contributed by atoms with Gasteiger partial charge in [-0.3, -0.25) is 0 Å². The van der Waals surface area contributed by atoms with E-state index in [1.807, 2.05) is 0 Å². The van der Waals surface area contributed by atoms with E-state index in [2.05, 4.69) is 11.8 Å². The van der Waals surface area contributed by atoms with Gasteiger partial charge < -0.3 is 9.47 Å². The predicted molar refractivity (Wildman–Crippen MR) is 46.1 cm³/mol. The number of allylic oxidation sites excluding steroid dienone is 1. The molecule has 2 nitrogen and oxygen atoms in total. The van der Waals surface area contributed by atoms with Crippen molar-refractivity contribution in [3.05, 3.63) is 11.8 Å². The smallest absolute Gasteiger partial charge is 0.157 e. The van der Waals surface area contributed by atoms with Crippen LogP contribution in [0.4, 0.5) is 0 Å². The maximum atomic E-state index is 5.00. The number of hydrogen-bond acceptors (Lipinski definition) is 2. The summed E-state index contributed by atoms with van der Waals surface area (Å²) in [5.41, 5.74) is 2.17. The van der Waals surface area contributed by atoms with Crippen LogP contribution in [0.1, 0.15) is 12.8 Å². The third-order valence-corrected chi connectivity index (χ3v) is 1.80. The van der Waals surface area contributed by atoms with Gasteiger partial charge in [-0.25, -0.2) is 0 Å². The number of rotatable bonds is 5. The number of ether oxygens (including phenoxy) is 2. The van der Waals surface area contributed by atoms with Crippen molar-refractivity contribution in [2.45, 2.75) is 19.1 Å². The lowest BCUT2D eigenvalue weighted by Gasteiger charge is -2.10. The minimum atomic E-state index is -0.0298. The molecule has 0 saturated carbocycles. The van der Waals surface area contributed by atoms with Gasteiger partial charge in [0, 0.05) is 30.9 Å². The lowest BCUT2D eigenvalue weighted by molar-refractivity contribution is -0.105. The maximum absolute atomic E-state index is 5.00. The van der Waals surface area contributed by atoms with Gasteiger partial charge in [0.1, 0.15) is 0 Å². The summed E-state index contributed by atoms with van der Waals surface area (Å²) in [6.45, 7) is 0. The first kappa shape index (κ1) is 9.88. The van der Waals surface area contributed by atoms with Crippen molar-refractivity contribution < 1.29 is 9.47 Å². The van der Waals surface area contributed by atoms with Crippen LogP contribution in [0.15, 0.2) is 11.8 Å². The van der Waals surface area contributed by atoms with E-state index in [-0.39, 0.29) is 6.29 Å². The summed E-state index contributed by atoms with van der Waals surface area (Å²) in [4.78, 5) is 0. The van der Waals surface area contributed by atoms with Crippen LogP contribution in [0.3, 0.4) is 0 Å². The van der Waals surface area contributed by atoms with Crippen molar-refractivity contribution >= 4 is 10.2 Å². The number of methoxy groups -OCH3 is 2. The molecule has 10 heavy (non-hydrogen) atoms. The van der Waals surface area contributed by atoms with E-state index < -0.39 is 0 Å². The molecule has 0 aromatic heterocycles. The molecule has 0 aliphatic heterocycles. The van der Waals surface area contributed by atoms with Gasteiger partial charge >= 0.3 is 0 Å². The van der Waals surface area contributed by atoms with E-state index in [9.17, 15) is 0 Å². The lowest BCUT2D eigenvalue weighted by atomic mass is 10.3. The number of hydrogen-bond donors (Lipinski definition) is 0. The Bertz CT molecular complexity index is 89.6. The van der Waals surface area contributed by atoms with Crippen LogP contribution in [0, 0.1) is 0 Å². The highest BCUT2D eigenvalue weighted by molar-refractivity contribution is 6.16. The quantitative estimate of drug-likeness (QED) is 0.424. The first-order valence-electron chi connectivity index (χ1n) is 3.52. The summed E-state index contributed by atoms with van der Waals surface area (Å²) >= 11 is 0. The predicted octanol–water partition coefficient (Wildman–Crippen LogP) is 0.265. The van der Waals surface area contributed by atoms with Gasteiger partial charge in [-0.1, -0.05) is 6.08 Å². The van der Waals surface area contributed by atoms with Gasteiger partial charge in [-0.2, -0.15) is 0 Å². The van der Waals surface area contributed by atoms with E-state index in [0.29, 0.717) is 0 Å². The summed E-state index contributed by atoms with van der Waals surface area (Å²) in [7, 11) is 4.47. The molecule has 60 valence electrons. The molecule has 0 rings (SSSR count). The molecule has 0 bridgehead atoms. The Morgan fingerprint density at radius 2 is 2.00 bits per heavy atom. The fourth-order valence-electron chi connectivity index (χ4n) is 0.731.